The molecule has 0 saturated carbocycles. The van der Waals surface area contributed by atoms with Gasteiger partial charge in [-0.25, -0.2) is 0 Å². The Labute approximate surface area is 135 Å². The van der Waals surface area contributed by atoms with Crippen LogP contribution in [-0.4, -0.2) is 0 Å². The van der Waals surface area contributed by atoms with Crippen molar-refractivity contribution >= 4 is 22.5 Å². The molecule has 108 valence electrons. The third-order valence-electron chi connectivity index (χ3n) is 4.57. The number of hydrogen-bond acceptors (Lipinski definition) is 1. The molecule has 4 rings (SSSR count). The molecule has 0 amide bonds. The van der Waals surface area contributed by atoms with Crippen LogP contribution in [0.5, 0.6) is 0 Å². The third-order valence-corrected chi connectivity index (χ3v) is 5.46. The van der Waals surface area contributed by atoms with Crippen LogP contribution in [0.25, 0.3) is 11.1 Å². The van der Waals surface area contributed by atoms with Gasteiger partial charge in [-0.05, 0) is 33.7 Å². The molecule has 3 aromatic rings. The number of benzene rings is 2. The van der Waals surface area contributed by atoms with E-state index >= 15 is 0 Å². The minimum atomic E-state index is 0.0251. The Hall–Kier alpha value is -2.12. The van der Waals surface area contributed by atoms with Gasteiger partial charge in [0.1, 0.15) is 0 Å². The smallest absolute Gasteiger partial charge is 0.0352 e. The molecule has 0 fully saturated rings. The second kappa shape index (κ2) is 4.96. The molecular formula is C21H18S. The molecule has 0 radical (unpaired) electrons. The predicted octanol–water partition coefficient (Wildman–Crippen LogP) is 6.00. The van der Waals surface area contributed by atoms with Gasteiger partial charge in [0, 0.05) is 15.9 Å². The number of rotatable bonds is 2. The molecule has 1 heterocycles. The summed E-state index contributed by atoms with van der Waals surface area (Å²) < 4.78 is 0. The van der Waals surface area contributed by atoms with Gasteiger partial charge >= 0.3 is 0 Å². The molecule has 0 spiro atoms. The number of thiophene rings is 1. The van der Waals surface area contributed by atoms with E-state index in [9.17, 15) is 0 Å². The van der Waals surface area contributed by atoms with Gasteiger partial charge in [0.05, 0.1) is 0 Å². The Morgan fingerprint density at radius 2 is 1.50 bits per heavy atom. The molecule has 0 bridgehead atoms. The molecule has 0 atom stereocenters. The lowest BCUT2D eigenvalue weighted by atomic mass is 9.78. The molecule has 1 aliphatic carbocycles. The van der Waals surface area contributed by atoms with Gasteiger partial charge in [-0.15, -0.1) is 11.3 Å². The van der Waals surface area contributed by atoms with Crippen molar-refractivity contribution in [3.05, 3.63) is 93.7 Å². The van der Waals surface area contributed by atoms with Crippen LogP contribution in [0.3, 0.4) is 0 Å². The van der Waals surface area contributed by atoms with Gasteiger partial charge in [-0.1, -0.05) is 74.5 Å². The van der Waals surface area contributed by atoms with E-state index in [1.807, 2.05) is 11.3 Å². The molecule has 22 heavy (non-hydrogen) atoms. The van der Waals surface area contributed by atoms with E-state index in [-0.39, 0.29) is 5.41 Å². The summed E-state index contributed by atoms with van der Waals surface area (Å²) in [6, 6.07) is 24.0. The van der Waals surface area contributed by atoms with Crippen molar-refractivity contribution in [3.8, 4) is 0 Å². The fourth-order valence-corrected chi connectivity index (χ4v) is 4.41. The third kappa shape index (κ3) is 1.89. The van der Waals surface area contributed by atoms with Crippen molar-refractivity contribution < 1.29 is 0 Å². The topological polar surface area (TPSA) is 0 Å². The van der Waals surface area contributed by atoms with Crippen LogP contribution >= 0.6 is 11.3 Å². The Morgan fingerprint density at radius 3 is 2.23 bits per heavy atom. The fourth-order valence-electron chi connectivity index (χ4n) is 3.61. The van der Waals surface area contributed by atoms with Crippen LogP contribution < -0.4 is 0 Å². The predicted molar refractivity (Wildman–Crippen MR) is 96.1 cm³/mol. The van der Waals surface area contributed by atoms with E-state index in [1.165, 1.54) is 32.7 Å². The van der Waals surface area contributed by atoms with Crippen LogP contribution in [0.15, 0.2) is 72.1 Å². The lowest BCUT2D eigenvalue weighted by Gasteiger charge is -2.25. The first-order chi connectivity index (χ1) is 10.7. The highest BCUT2D eigenvalue weighted by molar-refractivity contribution is 7.11. The average Bonchev–Trinajstić information content (AvgIpc) is 3.13. The number of hydrogen-bond donors (Lipinski definition) is 0. The summed E-state index contributed by atoms with van der Waals surface area (Å²) in [6.07, 6.45) is 0. The molecule has 0 saturated heterocycles. The Kier molecular flexibility index (Phi) is 3.05. The number of fused-ring (bicyclic) bond motifs is 1. The summed E-state index contributed by atoms with van der Waals surface area (Å²) in [7, 11) is 0. The molecule has 1 heteroatoms. The molecule has 1 aromatic heterocycles. The van der Waals surface area contributed by atoms with E-state index in [1.54, 1.807) is 0 Å². The Balaban J connectivity index is 2.08. The second-order valence-corrected chi connectivity index (χ2v) is 7.21. The van der Waals surface area contributed by atoms with Gasteiger partial charge < -0.3 is 0 Å². The van der Waals surface area contributed by atoms with Crippen LogP contribution in [-0.2, 0) is 5.41 Å². The van der Waals surface area contributed by atoms with Crippen LogP contribution in [0.1, 0.15) is 35.4 Å². The highest BCUT2D eigenvalue weighted by Gasteiger charge is 2.38. The van der Waals surface area contributed by atoms with Crippen molar-refractivity contribution in [2.45, 2.75) is 19.3 Å². The Bertz CT molecular complexity index is 837. The Morgan fingerprint density at radius 1 is 0.773 bits per heavy atom. The van der Waals surface area contributed by atoms with Crippen molar-refractivity contribution in [2.75, 3.05) is 0 Å². The van der Waals surface area contributed by atoms with E-state index < -0.39 is 0 Å². The highest BCUT2D eigenvalue weighted by atomic mass is 32.1. The molecule has 0 aliphatic heterocycles. The van der Waals surface area contributed by atoms with E-state index in [4.69, 9.17) is 0 Å². The van der Waals surface area contributed by atoms with Crippen LogP contribution in [0, 0.1) is 0 Å². The zero-order chi connectivity index (χ0) is 15.2. The largest absolute Gasteiger partial charge is 0.144 e. The van der Waals surface area contributed by atoms with Crippen molar-refractivity contribution in [2.24, 2.45) is 0 Å². The number of allylic oxidation sites excluding steroid dienone is 1. The lowest BCUT2D eigenvalue weighted by molar-refractivity contribution is 0.704. The maximum atomic E-state index is 2.34. The maximum absolute atomic E-state index is 2.34. The summed E-state index contributed by atoms with van der Waals surface area (Å²) >= 11 is 1.83. The zero-order valence-corrected chi connectivity index (χ0v) is 13.7. The molecule has 2 aromatic carbocycles. The maximum Gasteiger partial charge on any atom is 0.0352 e. The van der Waals surface area contributed by atoms with Gasteiger partial charge in [0.25, 0.3) is 0 Å². The molecule has 0 unspecified atom stereocenters. The summed E-state index contributed by atoms with van der Waals surface area (Å²) in [4.78, 5) is 1.36. The van der Waals surface area contributed by atoms with E-state index in [0.29, 0.717) is 0 Å². The minimum absolute atomic E-state index is 0.0251. The first-order valence-electron chi connectivity index (χ1n) is 7.63. The highest BCUT2D eigenvalue weighted by Crippen LogP contribution is 2.53. The zero-order valence-electron chi connectivity index (χ0n) is 12.8. The van der Waals surface area contributed by atoms with Gasteiger partial charge in [0.2, 0.25) is 0 Å². The normalized spacial score (nSPS) is 15.9. The van der Waals surface area contributed by atoms with Crippen molar-refractivity contribution in [1.29, 1.82) is 0 Å². The van der Waals surface area contributed by atoms with E-state index in [2.05, 4.69) is 86.0 Å². The summed E-state index contributed by atoms with van der Waals surface area (Å²) in [5, 5.41) is 2.17. The SMILES string of the molecule is CC1(C)C(c2ccccc2)=C(c2cccs2)c2ccccc21. The monoisotopic (exact) mass is 302 g/mol. The van der Waals surface area contributed by atoms with Crippen LogP contribution in [0.4, 0.5) is 0 Å². The fraction of sp³-hybridized carbons (Fsp3) is 0.143. The standard InChI is InChI=1S/C21H18S/c1-21(2)17-12-7-6-11-16(17)19(18-13-8-14-22-18)20(21)15-9-4-3-5-10-15/h3-14H,1-2H3. The van der Waals surface area contributed by atoms with Gasteiger partial charge in [-0.2, -0.15) is 0 Å². The minimum Gasteiger partial charge on any atom is -0.144 e. The second-order valence-electron chi connectivity index (χ2n) is 6.26. The van der Waals surface area contributed by atoms with Gasteiger partial charge in [0.15, 0.2) is 0 Å². The first-order valence-corrected chi connectivity index (χ1v) is 8.51. The lowest BCUT2D eigenvalue weighted by Crippen LogP contribution is -2.16. The average molecular weight is 302 g/mol. The summed E-state index contributed by atoms with van der Waals surface area (Å²) in [6.45, 7) is 4.68. The van der Waals surface area contributed by atoms with Crippen molar-refractivity contribution in [3.63, 3.8) is 0 Å². The first kappa shape index (κ1) is 13.5. The molecule has 0 N–H and O–H groups in total. The molecule has 1 aliphatic rings. The molecular weight excluding hydrogens is 284 g/mol. The quantitative estimate of drug-likeness (QED) is 0.544. The summed E-state index contributed by atoms with van der Waals surface area (Å²) in [5.41, 5.74) is 7.01. The van der Waals surface area contributed by atoms with Gasteiger partial charge in [-0.3, -0.25) is 0 Å². The summed E-state index contributed by atoms with van der Waals surface area (Å²) in [5.74, 6) is 0. The van der Waals surface area contributed by atoms with Crippen LogP contribution in [0.2, 0.25) is 0 Å². The van der Waals surface area contributed by atoms with E-state index in [0.717, 1.165) is 0 Å². The molecule has 0 nitrogen and oxygen atoms in total. The van der Waals surface area contributed by atoms with Crippen molar-refractivity contribution in [1.82, 2.24) is 0 Å².